The Morgan fingerprint density at radius 2 is 2.53 bits per heavy atom. The van der Waals surface area contributed by atoms with Crippen molar-refractivity contribution in [3.05, 3.63) is 23.5 Å². The number of carbonyl (C=O) groups excluding carboxylic acids is 1. The number of aromatic amines is 1. The number of amides is 1. The van der Waals surface area contributed by atoms with Crippen LogP contribution in [0.15, 0.2) is 12.3 Å². The summed E-state index contributed by atoms with van der Waals surface area (Å²) in [5, 5.41) is 0. The van der Waals surface area contributed by atoms with Crippen LogP contribution in [0.5, 0.6) is 0 Å². The molecule has 1 aromatic rings. The van der Waals surface area contributed by atoms with Gasteiger partial charge >= 0.3 is 0 Å². The van der Waals surface area contributed by atoms with Gasteiger partial charge in [-0.3, -0.25) is 4.79 Å². The number of carbonyl (C=O) groups is 1. The topological polar surface area (TPSA) is 36.1 Å². The Morgan fingerprint density at radius 3 is 3.13 bits per heavy atom. The van der Waals surface area contributed by atoms with Crippen LogP contribution in [-0.2, 0) is 0 Å². The second-order valence-electron chi connectivity index (χ2n) is 3.98. The SMILES string of the molecule is Cc1cc[nH]c1C(=O)N1CCCC1CF. The van der Waals surface area contributed by atoms with E-state index in [-0.39, 0.29) is 11.9 Å². The summed E-state index contributed by atoms with van der Waals surface area (Å²) in [5.41, 5.74) is 1.51. The number of hydrogen-bond acceptors (Lipinski definition) is 1. The molecule has 2 rings (SSSR count). The lowest BCUT2D eigenvalue weighted by Gasteiger charge is -2.22. The molecular weight excluding hydrogens is 195 g/mol. The van der Waals surface area contributed by atoms with E-state index in [9.17, 15) is 9.18 Å². The van der Waals surface area contributed by atoms with Crippen LogP contribution in [0, 0.1) is 6.92 Å². The molecule has 4 heteroatoms. The molecule has 1 N–H and O–H groups in total. The average molecular weight is 210 g/mol. The largest absolute Gasteiger partial charge is 0.357 e. The minimum absolute atomic E-state index is 0.0716. The van der Waals surface area contributed by atoms with Gasteiger partial charge in [0.05, 0.1) is 6.04 Å². The van der Waals surface area contributed by atoms with Crippen LogP contribution >= 0.6 is 0 Å². The van der Waals surface area contributed by atoms with E-state index in [2.05, 4.69) is 4.98 Å². The second kappa shape index (κ2) is 4.04. The number of hydrogen-bond donors (Lipinski definition) is 1. The summed E-state index contributed by atoms with van der Waals surface area (Å²) in [7, 11) is 0. The predicted molar refractivity (Wildman–Crippen MR) is 55.6 cm³/mol. The average Bonchev–Trinajstić information content (AvgIpc) is 2.84. The van der Waals surface area contributed by atoms with Crippen LogP contribution in [0.4, 0.5) is 4.39 Å². The highest BCUT2D eigenvalue weighted by Gasteiger charge is 2.30. The van der Waals surface area contributed by atoms with E-state index in [1.807, 2.05) is 13.0 Å². The molecule has 0 saturated carbocycles. The predicted octanol–water partition coefficient (Wildman–Crippen LogP) is 1.90. The smallest absolute Gasteiger partial charge is 0.270 e. The summed E-state index contributed by atoms with van der Waals surface area (Å²) < 4.78 is 12.6. The van der Waals surface area contributed by atoms with Gasteiger partial charge in [0.1, 0.15) is 12.4 Å². The number of aromatic nitrogens is 1. The molecule has 1 aromatic heterocycles. The molecule has 1 unspecified atom stereocenters. The Bertz CT molecular complexity index is 361. The summed E-state index contributed by atoms with van der Waals surface area (Å²) in [6.07, 6.45) is 3.42. The van der Waals surface area contributed by atoms with Gasteiger partial charge in [-0.25, -0.2) is 4.39 Å². The molecule has 2 heterocycles. The normalized spacial score (nSPS) is 20.9. The van der Waals surface area contributed by atoms with Crippen molar-refractivity contribution in [2.24, 2.45) is 0 Å². The molecule has 1 amide bonds. The van der Waals surface area contributed by atoms with Gasteiger partial charge in [-0.05, 0) is 31.4 Å². The molecule has 0 aliphatic carbocycles. The highest BCUT2D eigenvalue weighted by Crippen LogP contribution is 2.20. The molecule has 0 bridgehead atoms. The Kier molecular flexibility index (Phi) is 2.75. The van der Waals surface area contributed by atoms with Crippen molar-refractivity contribution in [3.63, 3.8) is 0 Å². The maximum absolute atomic E-state index is 12.6. The van der Waals surface area contributed by atoms with Crippen molar-refractivity contribution in [1.29, 1.82) is 0 Å². The van der Waals surface area contributed by atoms with E-state index in [1.54, 1.807) is 11.1 Å². The van der Waals surface area contributed by atoms with Crippen LogP contribution in [0.25, 0.3) is 0 Å². The van der Waals surface area contributed by atoms with Crippen molar-refractivity contribution in [1.82, 2.24) is 9.88 Å². The first-order valence-corrected chi connectivity index (χ1v) is 5.25. The van der Waals surface area contributed by atoms with Crippen LogP contribution in [0.2, 0.25) is 0 Å². The summed E-state index contributed by atoms with van der Waals surface area (Å²) in [6, 6.07) is 1.63. The monoisotopic (exact) mass is 210 g/mol. The molecule has 1 atom stereocenters. The van der Waals surface area contributed by atoms with E-state index >= 15 is 0 Å². The molecular formula is C11H15FN2O. The van der Waals surface area contributed by atoms with Gasteiger partial charge in [0.25, 0.3) is 5.91 Å². The molecule has 15 heavy (non-hydrogen) atoms. The molecule has 0 aromatic carbocycles. The first-order valence-electron chi connectivity index (χ1n) is 5.25. The van der Waals surface area contributed by atoms with Gasteiger partial charge in [0, 0.05) is 12.7 Å². The van der Waals surface area contributed by atoms with Gasteiger partial charge in [-0.1, -0.05) is 0 Å². The third-order valence-corrected chi connectivity index (χ3v) is 2.99. The number of nitrogens with zero attached hydrogens (tertiary/aromatic N) is 1. The number of rotatable bonds is 2. The van der Waals surface area contributed by atoms with Crippen LogP contribution < -0.4 is 0 Å². The zero-order chi connectivity index (χ0) is 10.8. The lowest BCUT2D eigenvalue weighted by Crippen LogP contribution is -2.37. The first-order chi connectivity index (χ1) is 7.24. The quantitative estimate of drug-likeness (QED) is 0.795. The number of halogens is 1. The fraction of sp³-hybridized carbons (Fsp3) is 0.545. The first kappa shape index (κ1) is 10.2. The Hall–Kier alpha value is -1.32. The summed E-state index contributed by atoms with van der Waals surface area (Å²) in [4.78, 5) is 16.6. The van der Waals surface area contributed by atoms with E-state index in [0.717, 1.165) is 18.4 Å². The van der Waals surface area contributed by atoms with Gasteiger partial charge in [-0.2, -0.15) is 0 Å². The van der Waals surface area contributed by atoms with E-state index < -0.39 is 6.67 Å². The summed E-state index contributed by atoms with van der Waals surface area (Å²) >= 11 is 0. The molecule has 82 valence electrons. The van der Waals surface area contributed by atoms with Crippen molar-refractivity contribution in [2.45, 2.75) is 25.8 Å². The van der Waals surface area contributed by atoms with Gasteiger partial charge in [-0.15, -0.1) is 0 Å². The van der Waals surface area contributed by atoms with Crippen molar-refractivity contribution in [2.75, 3.05) is 13.2 Å². The Morgan fingerprint density at radius 1 is 1.73 bits per heavy atom. The van der Waals surface area contributed by atoms with Gasteiger partial charge in [0.15, 0.2) is 0 Å². The fourth-order valence-corrected chi connectivity index (χ4v) is 2.08. The number of nitrogens with one attached hydrogen (secondary N) is 1. The third-order valence-electron chi connectivity index (χ3n) is 2.99. The number of alkyl halides is 1. The number of H-pyrrole nitrogens is 1. The summed E-state index contributed by atoms with van der Waals surface area (Å²) in [6.45, 7) is 2.11. The standard InChI is InChI=1S/C11H15FN2O/c1-8-4-5-13-10(8)11(15)14-6-2-3-9(14)7-12/h4-5,9,13H,2-3,6-7H2,1H3. The van der Waals surface area contributed by atoms with Crippen LogP contribution in [0.1, 0.15) is 28.9 Å². The molecule has 1 fully saturated rings. The van der Waals surface area contributed by atoms with Gasteiger partial charge in [0.2, 0.25) is 0 Å². The van der Waals surface area contributed by atoms with Crippen molar-refractivity contribution in [3.8, 4) is 0 Å². The number of likely N-dealkylation sites (tertiary alicyclic amines) is 1. The highest BCUT2D eigenvalue weighted by atomic mass is 19.1. The second-order valence-corrected chi connectivity index (χ2v) is 3.98. The van der Waals surface area contributed by atoms with E-state index in [0.29, 0.717) is 12.2 Å². The molecule has 0 radical (unpaired) electrons. The zero-order valence-electron chi connectivity index (χ0n) is 8.79. The van der Waals surface area contributed by atoms with Crippen LogP contribution in [0.3, 0.4) is 0 Å². The van der Waals surface area contributed by atoms with E-state index in [1.165, 1.54) is 0 Å². The molecule has 1 saturated heterocycles. The Balaban J connectivity index is 2.18. The minimum Gasteiger partial charge on any atom is -0.357 e. The third kappa shape index (κ3) is 1.76. The van der Waals surface area contributed by atoms with E-state index in [4.69, 9.17) is 0 Å². The molecule has 0 spiro atoms. The lowest BCUT2D eigenvalue weighted by molar-refractivity contribution is 0.0710. The maximum Gasteiger partial charge on any atom is 0.270 e. The lowest BCUT2D eigenvalue weighted by atomic mass is 10.2. The maximum atomic E-state index is 12.6. The van der Waals surface area contributed by atoms with Crippen molar-refractivity contribution >= 4 is 5.91 Å². The number of aryl methyl sites for hydroxylation is 1. The minimum atomic E-state index is -0.439. The van der Waals surface area contributed by atoms with Gasteiger partial charge < -0.3 is 9.88 Å². The fourth-order valence-electron chi connectivity index (χ4n) is 2.08. The Labute approximate surface area is 88.3 Å². The summed E-state index contributed by atoms with van der Waals surface area (Å²) in [5.74, 6) is -0.0716. The van der Waals surface area contributed by atoms with Crippen LogP contribution in [-0.4, -0.2) is 35.1 Å². The highest BCUT2D eigenvalue weighted by molar-refractivity contribution is 5.94. The molecule has 3 nitrogen and oxygen atoms in total. The zero-order valence-corrected chi connectivity index (χ0v) is 8.79. The van der Waals surface area contributed by atoms with Crippen molar-refractivity contribution < 1.29 is 9.18 Å². The molecule has 1 aliphatic rings. The molecule has 1 aliphatic heterocycles.